The highest BCUT2D eigenvalue weighted by atomic mass is 16.6. The van der Waals surface area contributed by atoms with Gasteiger partial charge in [0.25, 0.3) is 0 Å². The number of hydrogen-bond donors (Lipinski definition) is 1. The summed E-state index contributed by atoms with van der Waals surface area (Å²) in [5.74, 6) is 1.78. The monoisotopic (exact) mass is 223 g/mol. The smallest absolute Gasteiger partial charge is 0.124 e. The molecule has 1 aromatic carbocycles. The van der Waals surface area contributed by atoms with E-state index in [4.69, 9.17) is 14.3 Å². The lowest BCUT2D eigenvalue weighted by Gasteiger charge is -2.26. The lowest BCUT2D eigenvalue weighted by Crippen LogP contribution is -2.26. The Balaban J connectivity index is 2.25. The second kappa shape index (κ2) is 5.18. The molecule has 1 aliphatic rings. The van der Waals surface area contributed by atoms with E-state index in [1.165, 1.54) is 0 Å². The van der Waals surface area contributed by atoms with E-state index in [1.54, 1.807) is 7.11 Å². The number of fused-ring (bicyclic) bond motifs is 1. The summed E-state index contributed by atoms with van der Waals surface area (Å²) in [6.07, 6.45) is 0.899. The van der Waals surface area contributed by atoms with Gasteiger partial charge in [-0.05, 0) is 25.1 Å². The maximum absolute atomic E-state index is 5.58. The predicted octanol–water partition coefficient (Wildman–Crippen LogP) is 2.06. The lowest BCUT2D eigenvalue weighted by molar-refractivity contribution is 0.0462. The van der Waals surface area contributed by atoms with E-state index in [2.05, 4.69) is 5.48 Å². The van der Waals surface area contributed by atoms with Gasteiger partial charge in [0.05, 0.1) is 26.4 Å². The Bertz CT molecular complexity index is 354. The van der Waals surface area contributed by atoms with E-state index in [0.717, 1.165) is 23.5 Å². The Hall–Kier alpha value is -1.26. The van der Waals surface area contributed by atoms with Crippen molar-refractivity contribution >= 4 is 0 Å². The third kappa shape index (κ3) is 2.28. The number of hydrogen-bond acceptors (Lipinski definition) is 4. The van der Waals surface area contributed by atoms with Gasteiger partial charge in [-0.2, -0.15) is 5.48 Å². The Morgan fingerprint density at radius 2 is 2.38 bits per heavy atom. The maximum Gasteiger partial charge on any atom is 0.124 e. The maximum atomic E-state index is 5.58. The SMILES string of the molecule is CCOc1ccc2c(c1)C(NOC)CCO2. The van der Waals surface area contributed by atoms with Crippen LogP contribution in [0.1, 0.15) is 24.9 Å². The van der Waals surface area contributed by atoms with E-state index in [9.17, 15) is 0 Å². The highest BCUT2D eigenvalue weighted by molar-refractivity contribution is 5.43. The largest absolute Gasteiger partial charge is 0.494 e. The van der Waals surface area contributed by atoms with E-state index in [-0.39, 0.29) is 6.04 Å². The topological polar surface area (TPSA) is 39.7 Å². The molecule has 1 aliphatic heterocycles. The molecule has 1 unspecified atom stereocenters. The molecule has 1 aromatic rings. The van der Waals surface area contributed by atoms with Crippen LogP contribution in [-0.2, 0) is 4.84 Å². The predicted molar refractivity (Wildman–Crippen MR) is 60.6 cm³/mol. The molecule has 0 aliphatic carbocycles. The molecule has 0 spiro atoms. The number of rotatable bonds is 4. The van der Waals surface area contributed by atoms with Crippen molar-refractivity contribution < 1.29 is 14.3 Å². The Kier molecular flexibility index (Phi) is 3.64. The zero-order valence-corrected chi connectivity index (χ0v) is 9.66. The van der Waals surface area contributed by atoms with Crippen LogP contribution in [0.2, 0.25) is 0 Å². The molecule has 0 saturated carbocycles. The van der Waals surface area contributed by atoms with Crippen molar-refractivity contribution in [1.82, 2.24) is 5.48 Å². The first kappa shape index (κ1) is 11.2. The minimum Gasteiger partial charge on any atom is -0.494 e. The van der Waals surface area contributed by atoms with Gasteiger partial charge >= 0.3 is 0 Å². The van der Waals surface area contributed by atoms with E-state index >= 15 is 0 Å². The number of hydroxylamine groups is 1. The molecule has 16 heavy (non-hydrogen) atoms. The summed E-state index contributed by atoms with van der Waals surface area (Å²) in [6.45, 7) is 3.35. The first-order chi connectivity index (χ1) is 7.85. The van der Waals surface area contributed by atoms with E-state index < -0.39 is 0 Å². The Morgan fingerprint density at radius 1 is 1.50 bits per heavy atom. The summed E-state index contributed by atoms with van der Waals surface area (Å²) in [5, 5.41) is 0. The number of ether oxygens (including phenoxy) is 2. The molecular weight excluding hydrogens is 206 g/mol. The van der Waals surface area contributed by atoms with Gasteiger partial charge in [-0.1, -0.05) is 0 Å². The molecule has 88 valence electrons. The van der Waals surface area contributed by atoms with Crippen LogP contribution in [0.15, 0.2) is 18.2 Å². The molecule has 4 heteroatoms. The van der Waals surface area contributed by atoms with E-state index in [0.29, 0.717) is 13.2 Å². The Morgan fingerprint density at radius 3 is 3.12 bits per heavy atom. The fraction of sp³-hybridized carbons (Fsp3) is 0.500. The molecular formula is C12H17NO3. The zero-order valence-electron chi connectivity index (χ0n) is 9.66. The quantitative estimate of drug-likeness (QED) is 0.793. The summed E-state index contributed by atoms with van der Waals surface area (Å²) >= 11 is 0. The van der Waals surface area contributed by atoms with Crippen molar-refractivity contribution in [3.05, 3.63) is 23.8 Å². The van der Waals surface area contributed by atoms with Gasteiger partial charge in [-0.25, -0.2) is 0 Å². The van der Waals surface area contributed by atoms with Crippen LogP contribution in [0.25, 0.3) is 0 Å². The Labute approximate surface area is 95.5 Å². The van der Waals surface area contributed by atoms with Gasteiger partial charge < -0.3 is 14.3 Å². The summed E-state index contributed by atoms with van der Waals surface area (Å²) in [7, 11) is 1.63. The van der Waals surface area contributed by atoms with Crippen molar-refractivity contribution in [2.45, 2.75) is 19.4 Å². The van der Waals surface area contributed by atoms with Crippen molar-refractivity contribution in [2.24, 2.45) is 0 Å². The third-order valence-electron chi connectivity index (χ3n) is 2.59. The minimum absolute atomic E-state index is 0.175. The molecule has 0 aromatic heterocycles. The number of nitrogens with one attached hydrogen (secondary N) is 1. The van der Waals surface area contributed by atoms with Crippen LogP contribution in [0.3, 0.4) is 0 Å². The van der Waals surface area contributed by atoms with Gasteiger partial charge in [0.1, 0.15) is 11.5 Å². The van der Waals surface area contributed by atoms with E-state index in [1.807, 2.05) is 25.1 Å². The van der Waals surface area contributed by atoms with Crippen LogP contribution < -0.4 is 15.0 Å². The minimum atomic E-state index is 0.175. The second-order valence-electron chi connectivity index (χ2n) is 3.64. The molecule has 0 amide bonds. The van der Waals surface area contributed by atoms with Crippen molar-refractivity contribution in [3.8, 4) is 11.5 Å². The molecule has 1 heterocycles. The van der Waals surface area contributed by atoms with Crippen LogP contribution in [0.5, 0.6) is 11.5 Å². The average Bonchev–Trinajstić information content (AvgIpc) is 2.31. The van der Waals surface area contributed by atoms with Crippen LogP contribution in [0.4, 0.5) is 0 Å². The fourth-order valence-electron chi connectivity index (χ4n) is 1.89. The fourth-order valence-corrected chi connectivity index (χ4v) is 1.89. The molecule has 1 N–H and O–H groups in total. The normalized spacial score (nSPS) is 18.8. The molecule has 0 bridgehead atoms. The van der Waals surface area contributed by atoms with Crippen LogP contribution >= 0.6 is 0 Å². The molecule has 0 fully saturated rings. The molecule has 0 radical (unpaired) electrons. The first-order valence-electron chi connectivity index (χ1n) is 5.53. The van der Waals surface area contributed by atoms with Crippen molar-refractivity contribution in [2.75, 3.05) is 20.3 Å². The second-order valence-corrected chi connectivity index (χ2v) is 3.64. The van der Waals surface area contributed by atoms with Crippen LogP contribution in [-0.4, -0.2) is 20.3 Å². The lowest BCUT2D eigenvalue weighted by atomic mass is 10.0. The number of benzene rings is 1. The van der Waals surface area contributed by atoms with Gasteiger partial charge in [0, 0.05) is 12.0 Å². The molecule has 2 rings (SSSR count). The summed E-state index contributed by atoms with van der Waals surface area (Å²) in [4.78, 5) is 4.99. The molecule has 0 saturated heterocycles. The average molecular weight is 223 g/mol. The first-order valence-corrected chi connectivity index (χ1v) is 5.53. The van der Waals surface area contributed by atoms with Crippen molar-refractivity contribution in [1.29, 1.82) is 0 Å². The van der Waals surface area contributed by atoms with Crippen LogP contribution in [0, 0.1) is 0 Å². The standard InChI is InChI=1S/C12H17NO3/c1-3-15-9-4-5-12-10(8-9)11(13-14-2)6-7-16-12/h4-5,8,11,13H,3,6-7H2,1-2H3. The van der Waals surface area contributed by atoms with Gasteiger partial charge in [-0.3, -0.25) is 0 Å². The third-order valence-corrected chi connectivity index (χ3v) is 2.59. The van der Waals surface area contributed by atoms with Gasteiger partial charge in [-0.15, -0.1) is 0 Å². The van der Waals surface area contributed by atoms with Gasteiger partial charge in [0.15, 0.2) is 0 Å². The molecule has 4 nitrogen and oxygen atoms in total. The summed E-state index contributed by atoms with van der Waals surface area (Å²) < 4.78 is 11.1. The highest BCUT2D eigenvalue weighted by Crippen LogP contribution is 2.34. The highest BCUT2D eigenvalue weighted by Gasteiger charge is 2.21. The van der Waals surface area contributed by atoms with Gasteiger partial charge in [0.2, 0.25) is 0 Å². The van der Waals surface area contributed by atoms with Crippen molar-refractivity contribution in [3.63, 3.8) is 0 Å². The summed E-state index contributed by atoms with van der Waals surface area (Å²) in [5.41, 5.74) is 4.07. The molecule has 1 atom stereocenters. The zero-order chi connectivity index (χ0) is 11.4. The summed E-state index contributed by atoms with van der Waals surface area (Å²) in [6, 6.07) is 6.06.